The molecule has 0 saturated heterocycles. The van der Waals surface area contributed by atoms with Crippen molar-refractivity contribution < 1.29 is 0 Å². The van der Waals surface area contributed by atoms with E-state index in [4.69, 9.17) is 5.10 Å². The van der Waals surface area contributed by atoms with E-state index in [9.17, 15) is 0 Å². The predicted octanol–water partition coefficient (Wildman–Crippen LogP) is 3.02. The smallest absolute Gasteiger partial charge is 0.133 e. The average Bonchev–Trinajstić information content (AvgIpc) is 2.94. The van der Waals surface area contributed by atoms with E-state index in [1.165, 1.54) is 33.9 Å². The van der Waals surface area contributed by atoms with Crippen molar-refractivity contribution in [1.82, 2.24) is 9.78 Å². The molecule has 3 rings (SSSR count). The van der Waals surface area contributed by atoms with Gasteiger partial charge in [-0.15, -0.1) is 0 Å². The first-order chi connectivity index (χ1) is 8.72. The van der Waals surface area contributed by atoms with Gasteiger partial charge in [0, 0.05) is 12.1 Å². The molecule has 0 unspecified atom stereocenters. The first kappa shape index (κ1) is 11.3. The van der Waals surface area contributed by atoms with Crippen LogP contribution in [0.25, 0.3) is 5.69 Å². The van der Waals surface area contributed by atoms with E-state index < -0.39 is 0 Å². The first-order valence-electron chi connectivity index (χ1n) is 6.63. The topological polar surface area (TPSA) is 29.9 Å². The van der Waals surface area contributed by atoms with Crippen LogP contribution in [0.5, 0.6) is 0 Å². The Labute approximate surface area is 108 Å². The largest absolute Gasteiger partial charge is 0.369 e. The van der Waals surface area contributed by atoms with E-state index in [0.29, 0.717) is 0 Å². The van der Waals surface area contributed by atoms with Gasteiger partial charge < -0.3 is 5.32 Å². The second kappa shape index (κ2) is 4.16. The lowest BCUT2D eigenvalue weighted by atomic mass is 10.1. The summed E-state index contributed by atoms with van der Waals surface area (Å²) >= 11 is 0. The van der Waals surface area contributed by atoms with Crippen molar-refractivity contribution >= 4 is 5.82 Å². The molecule has 94 valence electrons. The zero-order valence-electron chi connectivity index (χ0n) is 11.2. The number of aromatic nitrogens is 2. The Morgan fingerprint density at radius 1 is 1.33 bits per heavy atom. The van der Waals surface area contributed by atoms with E-state index in [0.717, 1.165) is 19.4 Å². The molecule has 0 aliphatic carbocycles. The highest BCUT2D eigenvalue weighted by atomic mass is 15.3. The highest BCUT2D eigenvalue weighted by Gasteiger charge is 2.22. The van der Waals surface area contributed by atoms with Gasteiger partial charge in [0.05, 0.1) is 11.4 Å². The number of anilines is 1. The van der Waals surface area contributed by atoms with Gasteiger partial charge >= 0.3 is 0 Å². The summed E-state index contributed by atoms with van der Waals surface area (Å²) in [6.07, 6.45) is 2.10. The van der Waals surface area contributed by atoms with E-state index in [1.54, 1.807) is 0 Å². The highest BCUT2D eigenvalue weighted by Crippen LogP contribution is 2.30. The van der Waals surface area contributed by atoms with Crippen molar-refractivity contribution in [2.24, 2.45) is 0 Å². The van der Waals surface area contributed by atoms with Gasteiger partial charge in [-0.05, 0) is 43.9 Å². The minimum Gasteiger partial charge on any atom is -0.369 e. The number of hydrogen-bond acceptors (Lipinski definition) is 2. The Hall–Kier alpha value is -1.77. The van der Waals surface area contributed by atoms with Crippen LogP contribution < -0.4 is 5.32 Å². The van der Waals surface area contributed by atoms with Crippen molar-refractivity contribution in [2.45, 2.75) is 33.6 Å². The molecule has 3 heteroatoms. The molecular formula is C15H19N3. The monoisotopic (exact) mass is 241 g/mol. The highest BCUT2D eigenvalue weighted by molar-refractivity contribution is 5.59. The number of hydrogen-bond donors (Lipinski definition) is 1. The maximum Gasteiger partial charge on any atom is 0.133 e. The molecule has 1 aliphatic rings. The third-order valence-electron chi connectivity index (χ3n) is 3.87. The van der Waals surface area contributed by atoms with Crippen LogP contribution in [-0.4, -0.2) is 16.3 Å². The summed E-state index contributed by atoms with van der Waals surface area (Å²) < 4.78 is 2.09. The zero-order valence-corrected chi connectivity index (χ0v) is 11.2. The summed E-state index contributed by atoms with van der Waals surface area (Å²) in [4.78, 5) is 0. The molecule has 0 amide bonds. The van der Waals surface area contributed by atoms with Crippen molar-refractivity contribution in [3.63, 3.8) is 0 Å². The fraction of sp³-hybridized carbons (Fsp3) is 0.400. The molecule has 0 atom stereocenters. The predicted molar refractivity (Wildman–Crippen MR) is 74.6 cm³/mol. The molecule has 2 aromatic rings. The van der Waals surface area contributed by atoms with Gasteiger partial charge in [0.15, 0.2) is 0 Å². The van der Waals surface area contributed by atoms with E-state index in [-0.39, 0.29) is 0 Å². The average molecular weight is 241 g/mol. The van der Waals surface area contributed by atoms with Gasteiger partial charge in [-0.25, -0.2) is 4.68 Å². The number of rotatable bonds is 2. The molecule has 18 heavy (non-hydrogen) atoms. The number of nitrogens with one attached hydrogen (secondary N) is 1. The SMILES string of the molecule is CCc1nn(-c2cccc(C)c2C)c2c1CCN2. The van der Waals surface area contributed by atoms with Crippen LogP contribution in [-0.2, 0) is 12.8 Å². The minimum absolute atomic E-state index is 1.00. The Balaban J connectivity index is 2.21. The summed E-state index contributed by atoms with van der Waals surface area (Å²) in [5.41, 5.74) is 6.45. The lowest BCUT2D eigenvalue weighted by molar-refractivity contribution is 0.826. The van der Waals surface area contributed by atoms with Crippen LogP contribution in [0, 0.1) is 13.8 Å². The number of benzene rings is 1. The Morgan fingerprint density at radius 3 is 2.94 bits per heavy atom. The molecule has 0 radical (unpaired) electrons. The number of nitrogens with zero attached hydrogens (tertiary/aromatic N) is 2. The molecule has 0 spiro atoms. The number of aryl methyl sites for hydroxylation is 2. The third kappa shape index (κ3) is 1.54. The van der Waals surface area contributed by atoms with Gasteiger partial charge in [-0.2, -0.15) is 5.10 Å². The molecule has 0 fully saturated rings. The van der Waals surface area contributed by atoms with Crippen molar-refractivity contribution in [3.05, 3.63) is 40.6 Å². The molecule has 2 heterocycles. The molecule has 0 saturated carbocycles. The van der Waals surface area contributed by atoms with Crippen molar-refractivity contribution in [1.29, 1.82) is 0 Å². The van der Waals surface area contributed by atoms with E-state index in [2.05, 4.69) is 49.0 Å². The third-order valence-corrected chi connectivity index (χ3v) is 3.87. The maximum atomic E-state index is 4.78. The summed E-state index contributed by atoms with van der Waals surface area (Å²) in [6, 6.07) is 6.40. The molecular weight excluding hydrogens is 222 g/mol. The quantitative estimate of drug-likeness (QED) is 0.876. The lowest BCUT2D eigenvalue weighted by Crippen LogP contribution is -2.06. The maximum absolute atomic E-state index is 4.78. The number of fused-ring (bicyclic) bond motifs is 1. The fourth-order valence-electron chi connectivity index (χ4n) is 2.67. The van der Waals surface area contributed by atoms with E-state index in [1.807, 2.05) is 0 Å². The van der Waals surface area contributed by atoms with Crippen LogP contribution in [0.4, 0.5) is 5.82 Å². The Bertz CT molecular complexity index is 596. The summed E-state index contributed by atoms with van der Waals surface area (Å²) in [6.45, 7) is 7.52. The summed E-state index contributed by atoms with van der Waals surface area (Å²) in [7, 11) is 0. The molecule has 0 bridgehead atoms. The Kier molecular flexibility index (Phi) is 2.62. The lowest BCUT2D eigenvalue weighted by Gasteiger charge is -2.11. The first-order valence-corrected chi connectivity index (χ1v) is 6.63. The molecule has 3 nitrogen and oxygen atoms in total. The van der Waals surface area contributed by atoms with Crippen LogP contribution in [0.3, 0.4) is 0 Å². The van der Waals surface area contributed by atoms with Crippen LogP contribution in [0.15, 0.2) is 18.2 Å². The second-order valence-electron chi connectivity index (χ2n) is 4.94. The van der Waals surface area contributed by atoms with Crippen molar-refractivity contribution in [3.8, 4) is 5.69 Å². The van der Waals surface area contributed by atoms with Gasteiger partial charge in [-0.3, -0.25) is 0 Å². The van der Waals surface area contributed by atoms with E-state index >= 15 is 0 Å². The molecule has 1 aromatic heterocycles. The minimum atomic E-state index is 1.00. The van der Waals surface area contributed by atoms with Gasteiger partial charge in [0.2, 0.25) is 0 Å². The second-order valence-corrected chi connectivity index (χ2v) is 4.94. The van der Waals surface area contributed by atoms with Gasteiger partial charge in [-0.1, -0.05) is 19.1 Å². The summed E-state index contributed by atoms with van der Waals surface area (Å²) in [5, 5.41) is 8.25. The fourth-order valence-corrected chi connectivity index (χ4v) is 2.67. The van der Waals surface area contributed by atoms with Crippen molar-refractivity contribution in [2.75, 3.05) is 11.9 Å². The van der Waals surface area contributed by atoms with Gasteiger partial charge in [0.1, 0.15) is 5.82 Å². The van der Waals surface area contributed by atoms with Crippen LogP contribution in [0.1, 0.15) is 29.3 Å². The summed E-state index contributed by atoms with van der Waals surface area (Å²) in [5.74, 6) is 1.19. The Morgan fingerprint density at radius 2 is 2.17 bits per heavy atom. The van der Waals surface area contributed by atoms with Gasteiger partial charge in [0.25, 0.3) is 0 Å². The van der Waals surface area contributed by atoms with Crippen LogP contribution >= 0.6 is 0 Å². The standard InChI is InChI=1S/C15H19N3/c1-4-13-12-8-9-16-15(12)18(17-13)14-7-5-6-10(2)11(14)3/h5-7,16H,4,8-9H2,1-3H3. The zero-order chi connectivity index (χ0) is 12.7. The van der Waals surface area contributed by atoms with Crippen LogP contribution in [0.2, 0.25) is 0 Å². The molecule has 1 aliphatic heterocycles. The normalized spacial score (nSPS) is 13.5. The molecule has 1 N–H and O–H groups in total. The molecule has 1 aromatic carbocycles.